The zero-order valence-electron chi connectivity index (χ0n) is 36.4. The lowest BCUT2D eigenvalue weighted by Crippen LogP contribution is -2.41. The van der Waals surface area contributed by atoms with E-state index in [9.17, 15) is 10.2 Å². The molecule has 0 radical (unpaired) electrons. The highest BCUT2D eigenvalue weighted by atomic mass is 16.3. The zero-order chi connectivity index (χ0) is 43.6. The lowest BCUT2D eigenvalue weighted by Gasteiger charge is -2.30. The van der Waals surface area contributed by atoms with Crippen molar-refractivity contribution in [2.24, 2.45) is 4.99 Å². The first-order valence-corrected chi connectivity index (χ1v) is 22.6. The number of hydrogen-bond donors (Lipinski definition) is 3. The van der Waals surface area contributed by atoms with E-state index in [1.54, 1.807) is 0 Å². The number of nitrogens with zero attached hydrogens (tertiary/aromatic N) is 1. The summed E-state index contributed by atoms with van der Waals surface area (Å²) in [7, 11) is 0. The van der Waals surface area contributed by atoms with Gasteiger partial charge in [0.1, 0.15) is 11.5 Å². The third-order valence-electron chi connectivity index (χ3n) is 13.3. The average Bonchev–Trinajstić information content (AvgIpc) is 3.34. The van der Waals surface area contributed by atoms with E-state index in [0.29, 0.717) is 17.9 Å². The molecule has 64 heavy (non-hydrogen) atoms. The van der Waals surface area contributed by atoms with Crippen LogP contribution in [0.1, 0.15) is 54.9 Å². The molecule has 1 unspecified atom stereocenters. The molecule has 0 aromatic heterocycles. The molecule has 1 aliphatic carbocycles. The first-order valence-electron chi connectivity index (χ1n) is 22.6. The molecular formula is C60H52N2O2. The van der Waals surface area contributed by atoms with Gasteiger partial charge in [0, 0.05) is 52.2 Å². The maximum absolute atomic E-state index is 12.5. The number of aliphatic imine (C=N–C) groups is 1. The van der Waals surface area contributed by atoms with Crippen LogP contribution in [0.3, 0.4) is 0 Å². The summed E-state index contributed by atoms with van der Waals surface area (Å²) >= 11 is 0. The molecule has 3 N–H and O–H groups in total. The van der Waals surface area contributed by atoms with E-state index in [1.807, 2.05) is 31.3 Å². The van der Waals surface area contributed by atoms with E-state index >= 15 is 0 Å². The van der Waals surface area contributed by atoms with Crippen molar-refractivity contribution in [2.75, 3.05) is 0 Å². The minimum Gasteiger partial charge on any atom is -0.507 e. The van der Waals surface area contributed by atoms with Crippen LogP contribution >= 0.6 is 0 Å². The van der Waals surface area contributed by atoms with Gasteiger partial charge in [-0.3, -0.25) is 4.99 Å². The second-order valence-electron chi connectivity index (χ2n) is 17.2. The number of allylic oxidation sites excluding steroid dienone is 1. The van der Waals surface area contributed by atoms with Crippen LogP contribution in [0.25, 0.3) is 82.9 Å². The van der Waals surface area contributed by atoms with Crippen LogP contribution in [0, 0.1) is 6.92 Å². The molecule has 9 aromatic carbocycles. The quantitative estimate of drug-likeness (QED) is 0.120. The number of phenolic OH excluding ortho intramolecular Hbond substituents is 2. The lowest BCUT2D eigenvalue weighted by molar-refractivity contribution is 0.327. The van der Waals surface area contributed by atoms with E-state index in [0.717, 1.165) is 119 Å². The van der Waals surface area contributed by atoms with Crippen molar-refractivity contribution in [3.05, 3.63) is 198 Å². The van der Waals surface area contributed by atoms with Crippen molar-refractivity contribution in [1.29, 1.82) is 0 Å². The van der Waals surface area contributed by atoms with E-state index in [2.05, 4.69) is 176 Å². The standard InChI is InChI=1S/C60H52N2O2/c1-3-18-44-35-46(59(63)55(39(44)2)56-48-26-13-10-23-42(48)31-33-51(56)40-19-6-4-7-20-40)37-61-53-29-16-17-30-54(53)62-38-47-36-45-25-12-15-28-50(45)58(60(47)64)57-49-27-14-11-24-43(49)32-34-52(57)41-21-8-5-9-22-41/h3-15,18-28,31-36,38,53-54,61,63-64H,16-17,29-30,37H2,1-2H3/b18-3-,62-38?/t53-,54?/m0/s1. The van der Waals surface area contributed by atoms with Crippen LogP contribution in [0.4, 0.5) is 0 Å². The van der Waals surface area contributed by atoms with Gasteiger partial charge in [-0.25, -0.2) is 0 Å². The van der Waals surface area contributed by atoms with Gasteiger partial charge in [0.25, 0.3) is 0 Å². The average molecular weight is 833 g/mol. The molecule has 4 heteroatoms. The highest BCUT2D eigenvalue weighted by Crippen LogP contribution is 2.48. The fourth-order valence-electron chi connectivity index (χ4n) is 10.1. The Morgan fingerprint density at radius 1 is 0.547 bits per heavy atom. The Bertz CT molecular complexity index is 3220. The van der Waals surface area contributed by atoms with Gasteiger partial charge < -0.3 is 15.5 Å². The van der Waals surface area contributed by atoms with Crippen molar-refractivity contribution in [2.45, 2.75) is 58.2 Å². The number of aromatic hydroxyl groups is 2. The first kappa shape index (κ1) is 40.8. The predicted octanol–water partition coefficient (Wildman–Crippen LogP) is 15.1. The summed E-state index contributed by atoms with van der Waals surface area (Å²) in [6.07, 6.45) is 10.2. The van der Waals surface area contributed by atoms with Gasteiger partial charge >= 0.3 is 0 Å². The molecule has 0 spiro atoms. The van der Waals surface area contributed by atoms with Crippen LogP contribution in [-0.2, 0) is 6.54 Å². The summed E-state index contributed by atoms with van der Waals surface area (Å²) in [5.74, 6) is 0.535. The Kier molecular flexibility index (Phi) is 11.4. The van der Waals surface area contributed by atoms with Crippen molar-refractivity contribution in [3.63, 3.8) is 0 Å². The van der Waals surface area contributed by atoms with Crippen molar-refractivity contribution in [1.82, 2.24) is 5.32 Å². The Balaban J connectivity index is 1.02. The minimum absolute atomic E-state index is 0.00896. The maximum atomic E-state index is 12.5. The third kappa shape index (κ3) is 7.65. The summed E-state index contributed by atoms with van der Waals surface area (Å²) in [6, 6.07) is 59.2. The first-order chi connectivity index (χ1) is 31.5. The van der Waals surface area contributed by atoms with Crippen LogP contribution in [0.2, 0.25) is 0 Å². The number of fused-ring (bicyclic) bond motifs is 3. The molecule has 314 valence electrons. The van der Waals surface area contributed by atoms with E-state index in [-0.39, 0.29) is 17.8 Å². The fraction of sp³-hybridized carbons (Fsp3) is 0.150. The second-order valence-corrected chi connectivity index (χ2v) is 17.2. The number of nitrogens with one attached hydrogen (secondary N) is 1. The third-order valence-corrected chi connectivity index (χ3v) is 13.3. The second kappa shape index (κ2) is 17.8. The Morgan fingerprint density at radius 3 is 1.69 bits per heavy atom. The van der Waals surface area contributed by atoms with Gasteiger partial charge in [0.05, 0.1) is 6.04 Å². The van der Waals surface area contributed by atoms with E-state index in [1.165, 1.54) is 0 Å². The number of phenols is 2. The summed E-state index contributed by atoms with van der Waals surface area (Å²) in [4.78, 5) is 5.30. The summed E-state index contributed by atoms with van der Waals surface area (Å²) in [6.45, 7) is 4.66. The SMILES string of the molecule is C/C=C\c1cc(CN[C@H]2CCCCC2N=Cc2cc3ccccc3c(-c3c(-c4ccccc4)ccc4ccccc34)c2O)c(O)c(-c2c(-c3ccccc3)ccc3ccccc23)c1C. The Labute approximate surface area is 375 Å². The van der Waals surface area contributed by atoms with Crippen molar-refractivity contribution in [3.8, 4) is 56.0 Å². The summed E-state index contributed by atoms with van der Waals surface area (Å²) in [5, 5.41) is 35.3. The fourth-order valence-corrected chi connectivity index (χ4v) is 10.1. The molecule has 0 saturated heterocycles. The summed E-state index contributed by atoms with van der Waals surface area (Å²) < 4.78 is 0. The van der Waals surface area contributed by atoms with Gasteiger partial charge in [0.15, 0.2) is 0 Å². The zero-order valence-corrected chi connectivity index (χ0v) is 36.4. The van der Waals surface area contributed by atoms with E-state index in [4.69, 9.17) is 4.99 Å². The number of hydrogen-bond acceptors (Lipinski definition) is 4. The van der Waals surface area contributed by atoms with Crippen LogP contribution in [0.15, 0.2) is 181 Å². The van der Waals surface area contributed by atoms with Gasteiger partial charge in [-0.15, -0.1) is 0 Å². The molecule has 0 aliphatic heterocycles. The molecule has 1 aliphatic rings. The normalized spacial score (nSPS) is 15.5. The maximum Gasteiger partial charge on any atom is 0.132 e. The molecule has 0 bridgehead atoms. The molecule has 0 heterocycles. The van der Waals surface area contributed by atoms with Crippen molar-refractivity contribution >= 4 is 44.6 Å². The number of benzene rings is 9. The van der Waals surface area contributed by atoms with Crippen LogP contribution < -0.4 is 5.32 Å². The monoisotopic (exact) mass is 832 g/mol. The van der Waals surface area contributed by atoms with E-state index < -0.39 is 0 Å². The molecular weight excluding hydrogens is 781 g/mol. The molecule has 1 saturated carbocycles. The minimum atomic E-state index is -0.00896. The van der Waals surface area contributed by atoms with Crippen molar-refractivity contribution < 1.29 is 10.2 Å². The smallest absolute Gasteiger partial charge is 0.132 e. The molecule has 10 rings (SSSR count). The Morgan fingerprint density at radius 2 is 1.08 bits per heavy atom. The predicted molar refractivity (Wildman–Crippen MR) is 270 cm³/mol. The summed E-state index contributed by atoms with van der Waals surface area (Å²) in [5.41, 5.74) is 11.8. The highest BCUT2D eigenvalue weighted by molar-refractivity contribution is 6.14. The molecule has 4 nitrogen and oxygen atoms in total. The molecule has 1 fully saturated rings. The molecule has 9 aromatic rings. The highest BCUT2D eigenvalue weighted by Gasteiger charge is 2.27. The van der Waals surface area contributed by atoms with Crippen LogP contribution in [-0.4, -0.2) is 28.5 Å². The lowest BCUT2D eigenvalue weighted by atomic mass is 9.84. The van der Waals surface area contributed by atoms with Crippen LogP contribution in [0.5, 0.6) is 11.5 Å². The largest absolute Gasteiger partial charge is 0.507 e. The van der Waals surface area contributed by atoms with Gasteiger partial charge in [-0.2, -0.15) is 0 Å². The molecule has 2 atom stereocenters. The Hall–Kier alpha value is -7.27. The van der Waals surface area contributed by atoms with Gasteiger partial charge in [-0.1, -0.05) is 183 Å². The molecule has 0 amide bonds. The van der Waals surface area contributed by atoms with Gasteiger partial charge in [0.2, 0.25) is 0 Å². The van der Waals surface area contributed by atoms with Gasteiger partial charge in [-0.05, 0) is 105 Å². The number of rotatable bonds is 10. The topological polar surface area (TPSA) is 64.9 Å².